The minimum Gasteiger partial charge on any atom is -0.347 e. The number of aromatic nitrogens is 1. The van der Waals surface area contributed by atoms with Crippen molar-refractivity contribution in [2.75, 3.05) is 20.6 Å². The first-order chi connectivity index (χ1) is 8.08. The molecule has 0 saturated carbocycles. The lowest BCUT2D eigenvalue weighted by Gasteiger charge is -2.10. The van der Waals surface area contributed by atoms with Crippen LogP contribution >= 0.6 is 23.2 Å². The predicted octanol–water partition coefficient (Wildman–Crippen LogP) is 3.90. The van der Waals surface area contributed by atoms with Gasteiger partial charge >= 0.3 is 0 Å². The van der Waals surface area contributed by atoms with Crippen molar-refractivity contribution in [3.63, 3.8) is 0 Å². The maximum Gasteiger partial charge on any atom is 0.0514 e. The van der Waals surface area contributed by atoms with Crippen LogP contribution in [0, 0.1) is 0 Å². The summed E-state index contributed by atoms with van der Waals surface area (Å²) >= 11 is 12.2. The van der Waals surface area contributed by atoms with Crippen LogP contribution in [0.15, 0.2) is 24.4 Å². The highest BCUT2D eigenvalue weighted by molar-refractivity contribution is 6.38. The van der Waals surface area contributed by atoms with Gasteiger partial charge < -0.3 is 9.47 Å². The van der Waals surface area contributed by atoms with Gasteiger partial charge in [0.25, 0.3) is 0 Å². The van der Waals surface area contributed by atoms with Gasteiger partial charge in [0.15, 0.2) is 0 Å². The molecule has 2 aromatic rings. The standard InChI is InChI=1S/C13H16Cl2N2/c1-16(2)5-3-6-17-7-4-11-12(15)8-10(14)9-13(11)17/h4,7-9H,3,5-6H2,1-2H3. The van der Waals surface area contributed by atoms with Crippen molar-refractivity contribution in [3.8, 4) is 0 Å². The van der Waals surface area contributed by atoms with E-state index in [1.807, 2.05) is 12.1 Å². The molecule has 0 aliphatic carbocycles. The molecule has 0 atom stereocenters. The molecule has 0 aliphatic rings. The molecular weight excluding hydrogens is 255 g/mol. The Labute approximate surface area is 112 Å². The van der Waals surface area contributed by atoms with Crippen LogP contribution in [0.1, 0.15) is 6.42 Å². The fourth-order valence-corrected chi connectivity index (χ4v) is 2.52. The van der Waals surface area contributed by atoms with Crippen molar-refractivity contribution >= 4 is 34.1 Å². The van der Waals surface area contributed by atoms with Gasteiger partial charge in [-0.25, -0.2) is 0 Å². The molecule has 92 valence electrons. The first-order valence-electron chi connectivity index (χ1n) is 5.66. The molecule has 0 radical (unpaired) electrons. The highest BCUT2D eigenvalue weighted by Crippen LogP contribution is 2.28. The van der Waals surface area contributed by atoms with Crippen LogP contribution in [0.5, 0.6) is 0 Å². The van der Waals surface area contributed by atoms with Gasteiger partial charge in [0.2, 0.25) is 0 Å². The van der Waals surface area contributed by atoms with E-state index in [1.165, 1.54) is 0 Å². The Morgan fingerprint density at radius 1 is 1.24 bits per heavy atom. The molecule has 0 amide bonds. The summed E-state index contributed by atoms with van der Waals surface area (Å²) in [4.78, 5) is 2.19. The molecule has 1 aromatic carbocycles. The maximum atomic E-state index is 6.15. The van der Waals surface area contributed by atoms with E-state index in [0.717, 1.165) is 35.4 Å². The average Bonchev–Trinajstić information content (AvgIpc) is 2.61. The zero-order valence-corrected chi connectivity index (χ0v) is 11.6. The fourth-order valence-electron chi connectivity index (χ4n) is 1.97. The zero-order chi connectivity index (χ0) is 12.4. The first kappa shape index (κ1) is 12.7. The summed E-state index contributed by atoms with van der Waals surface area (Å²) < 4.78 is 2.20. The van der Waals surface area contributed by atoms with Crippen molar-refractivity contribution in [1.29, 1.82) is 0 Å². The Kier molecular flexibility index (Phi) is 3.97. The molecule has 2 rings (SSSR count). The van der Waals surface area contributed by atoms with Crippen LogP contribution in [0.25, 0.3) is 10.9 Å². The second-order valence-electron chi connectivity index (χ2n) is 4.49. The Morgan fingerprint density at radius 2 is 2.00 bits per heavy atom. The van der Waals surface area contributed by atoms with E-state index >= 15 is 0 Å². The van der Waals surface area contributed by atoms with E-state index in [9.17, 15) is 0 Å². The molecule has 0 bridgehead atoms. The number of aryl methyl sites for hydroxylation is 1. The van der Waals surface area contributed by atoms with Gasteiger partial charge in [0.05, 0.1) is 10.5 Å². The molecule has 4 heteroatoms. The van der Waals surface area contributed by atoms with Gasteiger partial charge in [-0.2, -0.15) is 0 Å². The van der Waals surface area contributed by atoms with E-state index in [2.05, 4.69) is 29.8 Å². The molecule has 0 aliphatic heterocycles. The van der Waals surface area contributed by atoms with Gasteiger partial charge in [0, 0.05) is 23.2 Å². The first-order valence-corrected chi connectivity index (χ1v) is 6.42. The molecular formula is C13H16Cl2N2. The molecule has 2 nitrogen and oxygen atoms in total. The minimum atomic E-state index is 0.690. The van der Waals surface area contributed by atoms with Crippen molar-refractivity contribution in [2.24, 2.45) is 0 Å². The number of benzene rings is 1. The molecule has 1 heterocycles. The molecule has 0 saturated heterocycles. The number of hydrogen-bond donors (Lipinski definition) is 0. The topological polar surface area (TPSA) is 8.17 Å². The summed E-state index contributed by atoms with van der Waals surface area (Å²) in [6.07, 6.45) is 3.18. The Balaban J connectivity index is 2.23. The quantitative estimate of drug-likeness (QED) is 0.818. The zero-order valence-electron chi connectivity index (χ0n) is 10.1. The summed E-state index contributed by atoms with van der Waals surface area (Å²) in [5.41, 5.74) is 1.11. The van der Waals surface area contributed by atoms with E-state index in [1.54, 1.807) is 6.07 Å². The van der Waals surface area contributed by atoms with Crippen molar-refractivity contribution < 1.29 is 0 Å². The monoisotopic (exact) mass is 270 g/mol. The van der Waals surface area contributed by atoms with Gasteiger partial charge in [-0.1, -0.05) is 23.2 Å². The SMILES string of the molecule is CN(C)CCCn1ccc2c(Cl)cc(Cl)cc21. The highest BCUT2D eigenvalue weighted by Gasteiger charge is 2.06. The third-order valence-electron chi connectivity index (χ3n) is 2.81. The summed E-state index contributed by atoms with van der Waals surface area (Å²) in [5.74, 6) is 0. The van der Waals surface area contributed by atoms with Crippen LogP contribution in [0.2, 0.25) is 10.0 Å². The molecule has 1 aromatic heterocycles. The molecule has 0 spiro atoms. The maximum absolute atomic E-state index is 6.15. The van der Waals surface area contributed by atoms with Crippen LogP contribution in [0.4, 0.5) is 0 Å². The largest absolute Gasteiger partial charge is 0.347 e. The van der Waals surface area contributed by atoms with Gasteiger partial charge in [0.1, 0.15) is 0 Å². The van der Waals surface area contributed by atoms with Crippen molar-refractivity contribution in [1.82, 2.24) is 9.47 Å². The number of hydrogen-bond acceptors (Lipinski definition) is 1. The third kappa shape index (κ3) is 2.95. The van der Waals surface area contributed by atoms with Crippen molar-refractivity contribution in [2.45, 2.75) is 13.0 Å². The fraction of sp³-hybridized carbons (Fsp3) is 0.385. The number of halogens is 2. The predicted molar refractivity (Wildman–Crippen MR) is 75.1 cm³/mol. The highest BCUT2D eigenvalue weighted by atomic mass is 35.5. The lowest BCUT2D eigenvalue weighted by molar-refractivity contribution is 0.388. The van der Waals surface area contributed by atoms with Crippen LogP contribution in [-0.4, -0.2) is 30.1 Å². The third-order valence-corrected chi connectivity index (χ3v) is 3.34. The van der Waals surface area contributed by atoms with E-state index < -0.39 is 0 Å². The minimum absolute atomic E-state index is 0.690. The van der Waals surface area contributed by atoms with Crippen molar-refractivity contribution in [3.05, 3.63) is 34.4 Å². The summed E-state index contributed by atoms with van der Waals surface area (Å²) in [5, 5.41) is 2.48. The number of fused-ring (bicyclic) bond motifs is 1. The summed E-state index contributed by atoms with van der Waals surface area (Å²) in [7, 11) is 4.17. The summed E-state index contributed by atoms with van der Waals surface area (Å²) in [6.45, 7) is 2.06. The molecule has 0 unspecified atom stereocenters. The molecule has 0 N–H and O–H groups in total. The molecule has 17 heavy (non-hydrogen) atoms. The summed E-state index contributed by atoms with van der Waals surface area (Å²) in [6, 6.07) is 5.80. The van der Waals surface area contributed by atoms with Gasteiger partial charge in [-0.3, -0.25) is 0 Å². The normalized spacial score (nSPS) is 11.6. The van der Waals surface area contributed by atoms with Gasteiger partial charge in [-0.15, -0.1) is 0 Å². The smallest absolute Gasteiger partial charge is 0.0514 e. The molecule has 0 fully saturated rings. The van der Waals surface area contributed by atoms with E-state index in [4.69, 9.17) is 23.2 Å². The van der Waals surface area contributed by atoms with E-state index in [-0.39, 0.29) is 0 Å². The second kappa shape index (κ2) is 5.30. The number of rotatable bonds is 4. The lowest BCUT2D eigenvalue weighted by atomic mass is 10.2. The number of nitrogens with zero attached hydrogens (tertiary/aromatic N) is 2. The van der Waals surface area contributed by atoms with Gasteiger partial charge in [-0.05, 0) is 45.3 Å². The Hall–Kier alpha value is -0.700. The van der Waals surface area contributed by atoms with Crippen LogP contribution in [0.3, 0.4) is 0 Å². The van der Waals surface area contributed by atoms with E-state index in [0.29, 0.717) is 5.02 Å². The lowest BCUT2D eigenvalue weighted by Crippen LogP contribution is -2.14. The van der Waals surface area contributed by atoms with Crippen LogP contribution in [-0.2, 0) is 6.54 Å². The Bertz CT molecular complexity index is 517. The Morgan fingerprint density at radius 3 is 2.71 bits per heavy atom. The average molecular weight is 271 g/mol. The second-order valence-corrected chi connectivity index (χ2v) is 5.33. The van der Waals surface area contributed by atoms with Crippen LogP contribution < -0.4 is 0 Å².